The number of carbonyl (C=O) groups is 1. The summed E-state index contributed by atoms with van der Waals surface area (Å²) < 4.78 is 5.38. The predicted molar refractivity (Wildman–Crippen MR) is 81.2 cm³/mol. The molecule has 2 N–H and O–H groups in total. The van der Waals surface area contributed by atoms with Gasteiger partial charge < -0.3 is 10.5 Å². The molecule has 4 nitrogen and oxygen atoms in total. The van der Waals surface area contributed by atoms with E-state index in [-0.39, 0.29) is 0 Å². The molecule has 106 valence electrons. The van der Waals surface area contributed by atoms with Gasteiger partial charge in [0.25, 0.3) is 5.91 Å². The summed E-state index contributed by atoms with van der Waals surface area (Å²) in [6, 6.07) is 6.09. The largest absolute Gasteiger partial charge is 0.496 e. The summed E-state index contributed by atoms with van der Waals surface area (Å²) in [5, 5.41) is 2.16. The Morgan fingerprint density at radius 1 is 1.45 bits per heavy atom. The zero-order chi connectivity index (χ0) is 14.5. The quantitative estimate of drug-likeness (QED) is 0.888. The lowest BCUT2D eigenvalue weighted by Crippen LogP contribution is -2.10. The van der Waals surface area contributed by atoms with E-state index in [1.54, 1.807) is 7.11 Å². The van der Waals surface area contributed by atoms with Crippen molar-refractivity contribution >= 4 is 17.2 Å². The number of amides is 1. The van der Waals surface area contributed by atoms with Crippen molar-refractivity contribution in [1.29, 1.82) is 0 Å². The molecular weight excluding hydrogens is 272 g/mol. The van der Waals surface area contributed by atoms with Gasteiger partial charge in [0.15, 0.2) is 5.01 Å². The molecule has 0 bridgehead atoms. The summed E-state index contributed by atoms with van der Waals surface area (Å²) in [4.78, 5) is 15.4. The Kier molecular flexibility index (Phi) is 4.74. The predicted octanol–water partition coefficient (Wildman–Crippen LogP) is 3.26. The molecule has 0 aliphatic rings. The first-order valence-electron chi connectivity index (χ1n) is 6.58. The van der Waals surface area contributed by atoms with E-state index in [0.29, 0.717) is 5.01 Å². The minimum absolute atomic E-state index is 0.320. The minimum atomic E-state index is -0.498. The van der Waals surface area contributed by atoms with Crippen LogP contribution in [0.3, 0.4) is 0 Å². The average Bonchev–Trinajstić information content (AvgIpc) is 2.94. The fourth-order valence-corrected chi connectivity index (χ4v) is 2.67. The van der Waals surface area contributed by atoms with Crippen molar-refractivity contribution in [1.82, 2.24) is 4.98 Å². The maximum atomic E-state index is 11.1. The molecule has 1 heterocycles. The normalized spacial score (nSPS) is 10.5. The summed E-state index contributed by atoms with van der Waals surface area (Å²) in [6.07, 6.45) is 3.33. The number of thiazole rings is 1. The number of hydrogen-bond donors (Lipinski definition) is 1. The minimum Gasteiger partial charge on any atom is -0.496 e. The molecule has 0 unspecified atom stereocenters. The maximum Gasteiger partial charge on any atom is 0.277 e. The highest BCUT2D eigenvalue weighted by molar-refractivity contribution is 7.12. The van der Waals surface area contributed by atoms with Crippen LogP contribution in [0.4, 0.5) is 0 Å². The van der Waals surface area contributed by atoms with Crippen LogP contribution < -0.4 is 10.5 Å². The van der Waals surface area contributed by atoms with Crippen molar-refractivity contribution in [2.45, 2.75) is 26.2 Å². The molecule has 0 aliphatic carbocycles. The molecule has 20 heavy (non-hydrogen) atoms. The molecule has 0 radical (unpaired) electrons. The second-order valence-electron chi connectivity index (χ2n) is 4.54. The number of nitrogens with zero attached hydrogens (tertiary/aromatic N) is 1. The summed E-state index contributed by atoms with van der Waals surface area (Å²) in [7, 11) is 1.63. The Labute approximate surface area is 122 Å². The molecule has 1 aromatic carbocycles. The maximum absolute atomic E-state index is 11.1. The monoisotopic (exact) mass is 290 g/mol. The van der Waals surface area contributed by atoms with Gasteiger partial charge in [-0.15, -0.1) is 11.3 Å². The topological polar surface area (TPSA) is 65.2 Å². The van der Waals surface area contributed by atoms with E-state index in [9.17, 15) is 4.79 Å². The van der Waals surface area contributed by atoms with Gasteiger partial charge in [-0.1, -0.05) is 19.4 Å². The van der Waals surface area contributed by atoms with E-state index in [4.69, 9.17) is 10.5 Å². The number of benzene rings is 1. The third kappa shape index (κ3) is 3.17. The van der Waals surface area contributed by atoms with Crippen LogP contribution in [0.15, 0.2) is 23.6 Å². The van der Waals surface area contributed by atoms with Crippen molar-refractivity contribution in [2.75, 3.05) is 7.11 Å². The highest BCUT2D eigenvalue weighted by Crippen LogP contribution is 2.32. The molecular formula is C15H18N2O2S. The SMILES string of the molecule is CCCCc1ccc(OC)c(-c2csc(C(N)=O)n2)c1. The third-order valence-corrected chi connectivity index (χ3v) is 3.93. The van der Waals surface area contributed by atoms with Crippen LogP contribution in [0, 0.1) is 0 Å². The number of aryl methyl sites for hydroxylation is 1. The molecule has 0 spiro atoms. The van der Waals surface area contributed by atoms with Crippen LogP contribution in [0.2, 0.25) is 0 Å². The number of aromatic nitrogens is 1. The van der Waals surface area contributed by atoms with Gasteiger partial charge in [0.1, 0.15) is 5.75 Å². The fraction of sp³-hybridized carbons (Fsp3) is 0.333. The van der Waals surface area contributed by atoms with Crippen molar-refractivity contribution in [3.63, 3.8) is 0 Å². The molecule has 1 aromatic heterocycles. The fourth-order valence-electron chi connectivity index (χ4n) is 2.00. The third-order valence-electron chi connectivity index (χ3n) is 3.07. The highest BCUT2D eigenvalue weighted by Gasteiger charge is 2.13. The van der Waals surface area contributed by atoms with Gasteiger partial charge in [-0.25, -0.2) is 4.98 Å². The number of ether oxygens (including phenoxy) is 1. The molecule has 0 atom stereocenters. The summed E-state index contributed by atoms with van der Waals surface area (Å²) in [5.74, 6) is 0.258. The van der Waals surface area contributed by atoms with Crippen LogP contribution in [-0.4, -0.2) is 18.0 Å². The average molecular weight is 290 g/mol. The first-order chi connectivity index (χ1) is 9.65. The van der Waals surface area contributed by atoms with Gasteiger partial charge in [-0.05, 0) is 30.5 Å². The number of hydrogen-bond acceptors (Lipinski definition) is 4. The van der Waals surface area contributed by atoms with Gasteiger partial charge in [0.05, 0.1) is 12.8 Å². The van der Waals surface area contributed by atoms with Crippen molar-refractivity contribution in [3.05, 3.63) is 34.2 Å². The Morgan fingerprint density at radius 3 is 2.85 bits per heavy atom. The Bertz CT molecular complexity index is 608. The number of rotatable bonds is 6. The lowest BCUT2D eigenvalue weighted by atomic mass is 10.0. The lowest BCUT2D eigenvalue weighted by molar-refractivity contribution is 0.1000. The first kappa shape index (κ1) is 14.5. The smallest absolute Gasteiger partial charge is 0.277 e. The van der Waals surface area contributed by atoms with Crippen LogP contribution in [-0.2, 0) is 6.42 Å². The Hall–Kier alpha value is -1.88. The second kappa shape index (κ2) is 6.52. The van der Waals surface area contributed by atoms with Crippen molar-refractivity contribution < 1.29 is 9.53 Å². The van der Waals surface area contributed by atoms with Gasteiger partial charge in [0.2, 0.25) is 0 Å². The van der Waals surface area contributed by atoms with Crippen LogP contribution in [0.25, 0.3) is 11.3 Å². The number of unbranched alkanes of at least 4 members (excludes halogenated alkanes) is 1. The zero-order valence-electron chi connectivity index (χ0n) is 11.7. The van der Waals surface area contributed by atoms with Gasteiger partial charge >= 0.3 is 0 Å². The van der Waals surface area contributed by atoms with Gasteiger partial charge in [-0.2, -0.15) is 0 Å². The lowest BCUT2D eigenvalue weighted by Gasteiger charge is -2.09. The molecule has 2 rings (SSSR count). The summed E-state index contributed by atoms with van der Waals surface area (Å²) in [6.45, 7) is 2.17. The molecule has 2 aromatic rings. The van der Waals surface area contributed by atoms with Crippen molar-refractivity contribution in [3.8, 4) is 17.0 Å². The standard InChI is InChI=1S/C15H18N2O2S/c1-3-4-5-10-6-7-13(19-2)11(8-10)12-9-20-15(17-12)14(16)18/h6-9H,3-5H2,1-2H3,(H2,16,18). The van der Waals surface area contributed by atoms with E-state index >= 15 is 0 Å². The van der Waals surface area contributed by atoms with E-state index < -0.39 is 5.91 Å². The van der Waals surface area contributed by atoms with Crippen LogP contribution >= 0.6 is 11.3 Å². The van der Waals surface area contributed by atoms with E-state index in [0.717, 1.165) is 36.3 Å². The van der Waals surface area contributed by atoms with Gasteiger partial charge in [-0.3, -0.25) is 4.79 Å². The highest BCUT2D eigenvalue weighted by atomic mass is 32.1. The Balaban J connectivity index is 2.38. The second-order valence-corrected chi connectivity index (χ2v) is 5.40. The number of carbonyl (C=O) groups excluding carboxylic acids is 1. The summed E-state index contributed by atoms with van der Waals surface area (Å²) >= 11 is 1.25. The van der Waals surface area contributed by atoms with Crippen LogP contribution in [0.5, 0.6) is 5.75 Å². The van der Waals surface area contributed by atoms with Crippen LogP contribution in [0.1, 0.15) is 35.1 Å². The molecule has 0 saturated carbocycles. The van der Waals surface area contributed by atoms with Crippen molar-refractivity contribution in [2.24, 2.45) is 5.73 Å². The summed E-state index contributed by atoms with van der Waals surface area (Å²) in [5.41, 5.74) is 8.14. The number of methoxy groups -OCH3 is 1. The molecule has 0 saturated heterocycles. The molecule has 5 heteroatoms. The molecule has 1 amide bonds. The van der Waals surface area contributed by atoms with Gasteiger partial charge in [0, 0.05) is 10.9 Å². The number of nitrogens with two attached hydrogens (primary N) is 1. The molecule has 0 aliphatic heterocycles. The van der Waals surface area contributed by atoms with E-state index in [2.05, 4.69) is 24.0 Å². The number of primary amides is 1. The van der Waals surface area contributed by atoms with E-state index in [1.165, 1.54) is 16.9 Å². The zero-order valence-corrected chi connectivity index (χ0v) is 12.5. The first-order valence-corrected chi connectivity index (χ1v) is 7.46. The molecule has 0 fully saturated rings. The Morgan fingerprint density at radius 2 is 2.25 bits per heavy atom. The van der Waals surface area contributed by atoms with E-state index in [1.807, 2.05) is 11.4 Å².